The molecule has 3 N–H and O–H groups in total. The quantitative estimate of drug-likeness (QED) is 0.767. The number of hydrogen-bond acceptors (Lipinski definition) is 4. The molecule has 3 rings (SSSR count). The molecule has 6 heteroatoms. The summed E-state index contributed by atoms with van der Waals surface area (Å²) < 4.78 is 2.21. The van der Waals surface area contributed by atoms with E-state index in [0.717, 1.165) is 34.2 Å². The van der Waals surface area contributed by atoms with E-state index in [4.69, 9.17) is 10.8 Å². The van der Waals surface area contributed by atoms with Crippen molar-refractivity contribution in [3.8, 4) is 0 Å². The van der Waals surface area contributed by atoms with Crippen LogP contribution in [0.2, 0.25) is 0 Å². The first-order valence-corrected chi connectivity index (χ1v) is 8.12. The molecule has 128 valence electrons. The number of para-hydroxylation sites is 1. The third kappa shape index (κ3) is 3.89. The average Bonchev–Trinajstić information content (AvgIpc) is 2.98. The van der Waals surface area contributed by atoms with Gasteiger partial charge < -0.3 is 15.4 Å². The van der Waals surface area contributed by atoms with E-state index in [-0.39, 0.29) is 6.42 Å². The van der Waals surface area contributed by atoms with Crippen molar-refractivity contribution in [3.05, 3.63) is 36.3 Å². The average molecular weight is 328 g/mol. The van der Waals surface area contributed by atoms with Crippen LogP contribution in [0.3, 0.4) is 0 Å². The van der Waals surface area contributed by atoms with E-state index >= 15 is 0 Å². The maximum Gasteiger partial charge on any atom is 0.303 e. The lowest BCUT2D eigenvalue weighted by Gasteiger charge is -2.10. The van der Waals surface area contributed by atoms with Gasteiger partial charge in [0.25, 0.3) is 0 Å². The van der Waals surface area contributed by atoms with Crippen molar-refractivity contribution < 1.29 is 9.90 Å². The Hall–Kier alpha value is -2.47. The molecule has 0 unspecified atom stereocenters. The van der Waals surface area contributed by atoms with E-state index < -0.39 is 5.97 Å². The van der Waals surface area contributed by atoms with E-state index in [1.807, 2.05) is 24.5 Å². The first kappa shape index (κ1) is 17.9. The highest BCUT2D eigenvalue weighted by Crippen LogP contribution is 2.26. The highest BCUT2D eigenvalue weighted by atomic mass is 16.4. The number of aromatic nitrogens is 3. The number of imidazole rings is 1. The van der Waals surface area contributed by atoms with Crippen LogP contribution in [-0.4, -0.2) is 25.6 Å². The number of rotatable bonds is 4. The van der Waals surface area contributed by atoms with Gasteiger partial charge in [0.1, 0.15) is 5.52 Å². The molecular formula is C18H24N4O2. The minimum absolute atomic E-state index is 0.222. The molecule has 0 saturated heterocycles. The standard InChI is InChI=1S/C15H18N4.C3H6O2/c1-10(2)8-19-9-17-14-13(7-16)18-12-6-4-3-5-11(12)15(14)19;1-2-3(4)5/h3-6,9-10H,7-8,16H2,1-2H3;2H2,1H3,(H,4,5). The first-order chi connectivity index (χ1) is 11.5. The number of pyridine rings is 1. The SMILES string of the molecule is CC(C)Cn1cnc2c(CN)nc3ccccc3c21.CCC(=O)O. The molecule has 0 spiro atoms. The molecule has 0 atom stereocenters. The Morgan fingerprint density at radius 1 is 1.33 bits per heavy atom. The fourth-order valence-corrected chi connectivity index (χ4v) is 2.52. The van der Waals surface area contributed by atoms with Gasteiger partial charge in [0.15, 0.2) is 0 Å². The summed E-state index contributed by atoms with van der Waals surface area (Å²) >= 11 is 0. The highest BCUT2D eigenvalue weighted by Gasteiger charge is 2.13. The van der Waals surface area contributed by atoms with Gasteiger partial charge in [-0.15, -0.1) is 0 Å². The molecule has 24 heavy (non-hydrogen) atoms. The topological polar surface area (TPSA) is 94.0 Å². The summed E-state index contributed by atoms with van der Waals surface area (Å²) in [6, 6.07) is 8.17. The number of carbonyl (C=O) groups is 1. The predicted molar refractivity (Wildman–Crippen MR) is 95.7 cm³/mol. The number of hydrogen-bond donors (Lipinski definition) is 2. The largest absolute Gasteiger partial charge is 0.481 e. The third-order valence-electron chi connectivity index (χ3n) is 3.58. The predicted octanol–water partition coefficient (Wildman–Crippen LogP) is 3.18. The van der Waals surface area contributed by atoms with Crippen molar-refractivity contribution in [2.45, 2.75) is 40.3 Å². The molecule has 0 fully saturated rings. The second kappa shape index (κ2) is 7.88. The Labute approximate surface area is 141 Å². The molecule has 0 aliphatic carbocycles. The molecule has 0 radical (unpaired) electrons. The fraction of sp³-hybridized carbons (Fsp3) is 0.389. The minimum Gasteiger partial charge on any atom is -0.481 e. The van der Waals surface area contributed by atoms with Crippen molar-refractivity contribution in [1.29, 1.82) is 0 Å². The summed E-state index contributed by atoms with van der Waals surface area (Å²) in [6.45, 7) is 7.38. The number of carboxylic acids is 1. The Morgan fingerprint density at radius 3 is 2.58 bits per heavy atom. The Bertz CT molecular complexity index is 840. The van der Waals surface area contributed by atoms with Crippen molar-refractivity contribution >= 4 is 27.9 Å². The van der Waals surface area contributed by atoms with E-state index in [2.05, 4.69) is 34.4 Å². The van der Waals surface area contributed by atoms with Crippen LogP contribution in [0.25, 0.3) is 21.9 Å². The number of fused-ring (bicyclic) bond motifs is 3. The summed E-state index contributed by atoms with van der Waals surface area (Å²) in [7, 11) is 0. The zero-order chi connectivity index (χ0) is 17.7. The summed E-state index contributed by atoms with van der Waals surface area (Å²) in [5.74, 6) is -0.171. The van der Waals surface area contributed by atoms with Gasteiger partial charge in [0.05, 0.1) is 23.1 Å². The van der Waals surface area contributed by atoms with Crippen molar-refractivity contribution in [2.75, 3.05) is 0 Å². The van der Waals surface area contributed by atoms with Gasteiger partial charge in [0.2, 0.25) is 0 Å². The van der Waals surface area contributed by atoms with Crippen molar-refractivity contribution in [2.24, 2.45) is 11.7 Å². The smallest absolute Gasteiger partial charge is 0.303 e. The normalized spacial score (nSPS) is 10.9. The molecule has 0 aliphatic rings. The summed E-state index contributed by atoms with van der Waals surface area (Å²) in [5, 5.41) is 8.87. The maximum absolute atomic E-state index is 9.37. The first-order valence-electron chi connectivity index (χ1n) is 8.12. The van der Waals surface area contributed by atoms with E-state index in [0.29, 0.717) is 12.5 Å². The lowest BCUT2D eigenvalue weighted by molar-refractivity contribution is -0.136. The van der Waals surface area contributed by atoms with E-state index in [1.54, 1.807) is 6.92 Å². The van der Waals surface area contributed by atoms with Gasteiger partial charge in [-0.3, -0.25) is 4.79 Å². The molecule has 0 aliphatic heterocycles. The molecular weight excluding hydrogens is 304 g/mol. The van der Waals surface area contributed by atoms with Gasteiger partial charge in [-0.1, -0.05) is 39.0 Å². The number of nitrogens with zero attached hydrogens (tertiary/aromatic N) is 3. The summed E-state index contributed by atoms with van der Waals surface area (Å²) in [4.78, 5) is 18.5. The molecule has 3 aromatic rings. The minimum atomic E-state index is -0.745. The van der Waals surface area contributed by atoms with Gasteiger partial charge >= 0.3 is 5.97 Å². The van der Waals surface area contributed by atoms with Crippen molar-refractivity contribution in [1.82, 2.24) is 14.5 Å². The second-order valence-electron chi connectivity index (χ2n) is 6.02. The van der Waals surface area contributed by atoms with Gasteiger partial charge in [0, 0.05) is 24.9 Å². The Kier molecular flexibility index (Phi) is 5.87. The van der Waals surface area contributed by atoms with Crippen LogP contribution in [0.15, 0.2) is 30.6 Å². The molecule has 2 aromatic heterocycles. The Balaban J connectivity index is 0.000000368. The van der Waals surface area contributed by atoms with Crippen molar-refractivity contribution in [3.63, 3.8) is 0 Å². The van der Waals surface area contributed by atoms with Crippen LogP contribution >= 0.6 is 0 Å². The molecule has 6 nitrogen and oxygen atoms in total. The molecule has 1 aromatic carbocycles. The molecule has 0 bridgehead atoms. The van der Waals surface area contributed by atoms with Crippen LogP contribution in [0.5, 0.6) is 0 Å². The van der Waals surface area contributed by atoms with Crippen LogP contribution in [-0.2, 0) is 17.9 Å². The molecule has 0 saturated carbocycles. The summed E-state index contributed by atoms with van der Waals surface area (Å²) in [6.07, 6.45) is 2.12. The highest BCUT2D eigenvalue weighted by molar-refractivity contribution is 6.03. The van der Waals surface area contributed by atoms with Crippen LogP contribution in [0.1, 0.15) is 32.9 Å². The number of benzene rings is 1. The lowest BCUT2D eigenvalue weighted by atomic mass is 10.1. The number of aliphatic carboxylic acids is 1. The van der Waals surface area contributed by atoms with Gasteiger partial charge in [-0.2, -0.15) is 0 Å². The van der Waals surface area contributed by atoms with Gasteiger partial charge in [-0.25, -0.2) is 9.97 Å². The third-order valence-corrected chi connectivity index (χ3v) is 3.58. The van der Waals surface area contributed by atoms with Crippen LogP contribution < -0.4 is 5.73 Å². The second-order valence-corrected chi connectivity index (χ2v) is 6.02. The maximum atomic E-state index is 9.37. The van der Waals surface area contributed by atoms with Crippen LogP contribution in [0, 0.1) is 5.92 Å². The van der Waals surface area contributed by atoms with E-state index in [9.17, 15) is 4.79 Å². The van der Waals surface area contributed by atoms with Crippen LogP contribution in [0.4, 0.5) is 0 Å². The zero-order valence-corrected chi connectivity index (χ0v) is 14.4. The monoisotopic (exact) mass is 328 g/mol. The Morgan fingerprint density at radius 2 is 2.00 bits per heavy atom. The number of carboxylic acid groups (broad SMARTS) is 1. The number of nitrogens with two attached hydrogens (primary N) is 1. The summed E-state index contributed by atoms with van der Waals surface area (Å²) in [5.41, 5.74) is 9.75. The fourth-order valence-electron chi connectivity index (χ4n) is 2.52. The van der Waals surface area contributed by atoms with E-state index in [1.165, 1.54) is 0 Å². The molecule has 0 amide bonds. The molecule has 2 heterocycles. The lowest BCUT2D eigenvalue weighted by Crippen LogP contribution is -2.05. The van der Waals surface area contributed by atoms with Gasteiger partial charge in [-0.05, 0) is 12.0 Å². The zero-order valence-electron chi connectivity index (χ0n) is 14.4.